The van der Waals surface area contributed by atoms with Crippen molar-refractivity contribution in [1.29, 1.82) is 0 Å². The minimum absolute atomic E-state index is 0.116. The number of hydrogen-bond donors (Lipinski definition) is 1. The van der Waals surface area contributed by atoms with E-state index in [1.165, 1.54) is 37.7 Å². The minimum Gasteiger partial charge on any atom is -0.492 e. The van der Waals surface area contributed by atoms with Gasteiger partial charge in [-0.15, -0.1) is 0 Å². The second kappa shape index (κ2) is 5.45. The van der Waals surface area contributed by atoms with Gasteiger partial charge in [0.25, 0.3) is 0 Å². The van der Waals surface area contributed by atoms with Gasteiger partial charge in [-0.2, -0.15) is 0 Å². The molecule has 1 aromatic rings. The van der Waals surface area contributed by atoms with E-state index >= 15 is 0 Å². The second-order valence-electron chi connectivity index (χ2n) is 6.12. The van der Waals surface area contributed by atoms with Gasteiger partial charge >= 0.3 is 0 Å². The Morgan fingerprint density at radius 1 is 1.21 bits per heavy atom. The van der Waals surface area contributed by atoms with E-state index in [0.29, 0.717) is 0 Å². The number of hydrogen-bond acceptors (Lipinski definition) is 2. The van der Waals surface area contributed by atoms with Gasteiger partial charge in [-0.3, -0.25) is 0 Å². The Kier molecular flexibility index (Phi) is 3.86. The zero-order valence-corrected chi connectivity index (χ0v) is 12.9. The van der Waals surface area contributed by atoms with E-state index < -0.39 is 0 Å². The number of benzene rings is 1. The number of ether oxygens (including phenoxy) is 1. The van der Waals surface area contributed by atoms with Gasteiger partial charge in [-0.25, -0.2) is 0 Å². The molecule has 2 aliphatic rings. The molecule has 0 aliphatic heterocycles. The monoisotopic (exact) mass is 323 g/mol. The Morgan fingerprint density at radius 3 is 2.53 bits per heavy atom. The van der Waals surface area contributed by atoms with Crippen molar-refractivity contribution < 1.29 is 4.74 Å². The maximum absolute atomic E-state index is 6.49. The summed E-state index contributed by atoms with van der Waals surface area (Å²) in [4.78, 5) is 0. The lowest BCUT2D eigenvalue weighted by atomic mass is 9.86. The Labute approximate surface area is 123 Å². The highest BCUT2D eigenvalue weighted by Crippen LogP contribution is 2.39. The molecule has 2 nitrogen and oxygen atoms in total. The molecular formula is C16H22BrNO. The van der Waals surface area contributed by atoms with Crippen molar-refractivity contribution in [2.75, 3.05) is 6.61 Å². The van der Waals surface area contributed by atoms with Crippen molar-refractivity contribution in [2.45, 2.75) is 50.5 Å². The third-order valence-corrected chi connectivity index (χ3v) is 5.32. The van der Waals surface area contributed by atoms with Gasteiger partial charge in [0.05, 0.1) is 11.1 Å². The van der Waals surface area contributed by atoms with Gasteiger partial charge in [0.15, 0.2) is 0 Å². The van der Waals surface area contributed by atoms with Crippen LogP contribution in [0.1, 0.15) is 50.5 Å². The van der Waals surface area contributed by atoms with Crippen molar-refractivity contribution in [1.82, 2.24) is 0 Å². The Hall–Kier alpha value is -0.540. The predicted octanol–water partition coefficient (Wildman–Crippen LogP) is 4.36. The fourth-order valence-corrected chi connectivity index (χ4v) is 3.58. The van der Waals surface area contributed by atoms with E-state index in [2.05, 4.69) is 34.1 Å². The molecule has 2 fully saturated rings. The van der Waals surface area contributed by atoms with Crippen LogP contribution in [0.2, 0.25) is 0 Å². The highest BCUT2D eigenvalue weighted by molar-refractivity contribution is 9.10. The molecule has 0 atom stereocenters. The summed E-state index contributed by atoms with van der Waals surface area (Å²) in [5, 5.41) is 0. The molecule has 2 aliphatic carbocycles. The van der Waals surface area contributed by atoms with Gasteiger partial charge in [-0.1, -0.05) is 25.3 Å². The zero-order valence-electron chi connectivity index (χ0n) is 11.3. The number of nitrogens with two attached hydrogens (primary N) is 1. The maximum Gasteiger partial charge on any atom is 0.133 e. The first kappa shape index (κ1) is 13.4. The predicted molar refractivity (Wildman–Crippen MR) is 81.3 cm³/mol. The maximum atomic E-state index is 6.49. The van der Waals surface area contributed by atoms with Gasteiger partial charge in [0.2, 0.25) is 0 Å². The lowest BCUT2D eigenvalue weighted by molar-refractivity contribution is 0.180. The molecule has 0 radical (unpaired) electrons. The van der Waals surface area contributed by atoms with Gasteiger partial charge in [0, 0.05) is 5.54 Å². The largest absolute Gasteiger partial charge is 0.492 e. The molecule has 19 heavy (non-hydrogen) atoms. The summed E-state index contributed by atoms with van der Waals surface area (Å²) >= 11 is 3.63. The Balaban J connectivity index is 1.69. The molecule has 0 heterocycles. The third kappa shape index (κ3) is 2.82. The highest BCUT2D eigenvalue weighted by atomic mass is 79.9. The Morgan fingerprint density at radius 2 is 1.95 bits per heavy atom. The normalized spacial score (nSPS) is 22.2. The van der Waals surface area contributed by atoms with Crippen LogP contribution < -0.4 is 10.5 Å². The van der Waals surface area contributed by atoms with Crippen LogP contribution in [0.25, 0.3) is 0 Å². The summed E-state index contributed by atoms with van der Waals surface area (Å²) in [6, 6.07) is 6.37. The van der Waals surface area contributed by atoms with Crippen LogP contribution in [0.5, 0.6) is 5.75 Å². The van der Waals surface area contributed by atoms with Crippen molar-refractivity contribution in [3.63, 3.8) is 0 Å². The molecular weight excluding hydrogens is 302 g/mol. The van der Waals surface area contributed by atoms with E-state index in [-0.39, 0.29) is 5.54 Å². The topological polar surface area (TPSA) is 35.2 Å². The Bertz CT molecular complexity index is 450. The van der Waals surface area contributed by atoms with Crippen LogP contribution in [0.3, 0.4) is 0 Å². The quantitative estimate of drug-likeness (QED) is 0.893. The third-order valence-electron chi connectivity index (χ3n) is 4.70. The van der Waals surface area contributed by atoms with Crippen molar-refractivity contribution >= 4 is 15.9 Å². The molecule has 0 aromatic heterocycles. The average molecular weight is 324 g/mol. The summed E-state index contributed by atoms with van der Waals surface area (Å²) in [7, 11) is 0. The fourth-order valence-electron chi connectivity index (χ4n) is 3.09. The molecule has 1 aromatic carbocycles. The van der Waals surface area contributed by atoms with E-state index in [1.54, 1.807) is 0 Å². The van der Waals surface area contributed by atoms with Gasteiger partial charge < -0.3 is 10.5 Å². The van der Waals surface area contributed by atoms with Crippen molar-refractivity contribution in [3.8, 4) is 5.75 Å². The first-order valence-corrected chi connectivity index (χ1v) is 8.18. The molecule has 0 bridgehead atoms. The molecule has 3 rings (SSSR count). The first-order valence-electron chi connectivity index (χ1n) is 7.39. The lowest BCUT2D eigenvalue weighted by Crippen LogP contribution is -2.33. The summed E-state index contributed by atoms with van der Waals surface area (Å²) in [6.45, 7) is 0.853. The smallest absolute Gasteiger partial charge is 0.133 e. The molecule has 2 N–H and O–H groups in total. The number of rotatable bonds is 4. The zero-order chi connectivity index (χ0) is 13.3. The minimum atomic E-state index is -0.116. The van der Waals surface area contributed by atoms with Gasteiger partial charge in [-0.05, 0) is 65.2 Å². The van der Waals surface area contributed by atoms with Crippen LogP contribution in [0, 0.1) is 5.92 Å². The molecule has 0 amide bonds. The second-order valence-corrected chi connectivity index (χ2v) is 6.97. The van der Waals surface area contributed by atoms with E-state index in [0.717, 1.165) is 35.6 Å². The lowest BCUT2D eigenvalue weighted by Gasteiger charge is -2.27. The molecule has 104 valence electrons. The molecule has 0 unspecified atom stereocenters. The average Bonchev–Trinajstić information content (AvgIpc) is 2.77. The standard InChI is InChI=1S/C16H22BrNO/c17-14-10-13(16(18)8-1-2-9-16)6-7-15(14)19-11-12-4-3-5-12/h6-7,10,12H,1-5,8-9,11,18H2. The van der Waals surface area contributed by atoms with Crippen LogP contribution in [0.15, 0.2) is 22.7 Å². The van der Waals surface area contributed by atoms with Crippen LogP contribution >= 0.6 is 15.9 Å². The first-order chi connectivity index (χ1) is 9.17. The fraction of sp³-hybridized carbons (Fsp3) is 0.625. The molecule has 0 saturated heterocycles. The number of halogens is 1. The highest BCUT2D eigenvalue weighted by Gasteiger charge is 2.31. The summed E-state index contributed by atoms with van der Waals surface area (Å²) in [6.07, 6.45) is 8.69. The van der Waals surface area contributed by atoms with Crippen LogP contribution in [-0.2, 0) is 5.54 Å². The van der Waals surface area contributed by atoms with Crippen molar-refractivity contribution in [3.05, 3.63) is 28.2 Å². The molecule has 3 heteroatoms. The van der Waals surface area contributed by atoms with Crippen LogP contribution in [-0.4, -0.2) is 6.61 Å². The summed E-state index contributed by atoms with van der Waals surface area (Å²) in [5.41, 5.74) is 7.62. The molecule has 2 saturated carbocycles. The van der Waals surface area contributed by atoms with E-state index in [4.69, 9.17) is 10.5 Å². The summed E-state index contributed by atoms with van der Waals surface area (Å²) in [5.74, 6) is 1.72. The van der Waals surface area contributed by atoms with Crippen molar-refractivity contribution in [2.24, 2.45) is 11.7 Å². The summed E-state index contributed by atoms with van der Waals surface area (Å²) < 4.78 is 6.95. The molecule has 0 spiro atoms. The van der Waals surface area contributed by atoms with E-state index in [9.17, 15) is 0 Å². The van der Waals surface area contributed by atoms with Crippen LogP contribution in [0.4, 0.5) is 0 Å². The van der Waals surface area contributed by atoms with E-state index in [1.807, 2.05) is 0 Å². The SMILES string of the molecule is NC1(c2ccc(OCC3CCC3)c(Br)c2)CCCC1. The van der Waals surface area contributed by atoms with Gasteiger partial charge in [0.1, 0.15) is 5.75 Å².